The van der Waals surface area contributed by atoms with Gasteiger partial charge in [0.1, 0.15) is 0 Å². The predicted octanol–water partition coefficient (Wildman–Crippen LogP) is -1.92. The van der Waals surface area contributed by atoms with Crippen LogP contribution in [0.5, 0.6) is 0 Å². The van der Waals surface area contributed by atoms with Crippen molar-refractivity contribution in [3.8, 4) is 0 Å². The summed E-state index contributed by atoms with van der Waals surface area (Å²) in [6, 6.07) is 0. The first-order chi connectivity index (χ1) is 5.79. The number of nitrogens with two attached hydrogens (primary N) is 1. The predicted molar refractivity (Wildman–Crippen MR) is 38.6 cm³/mol. The molecule has 0 saturated carbocycles. The first kappa shape index (κ1) is 12.0. The Kier molecular flexibility index (Phi) is 4.02. The normalized spacial score (nSPS) is 13.5. The van der Waals surface area contributed by atoms with E-state index < -0.39 is 31.9 Å². The third-order valence-corrected chi connectivity index (χ3v) is 2.06. The first-order valence-electron chi connectivity index (χ1n) is 2.98. The van der Waals surface area contributed by atoms with Gasteiger partial charge >= 0.3 is 19.5 Å². The Balaban J connectivity index is 4.40. The minimum atomic E-state index is -4.70. The average molecular weight is 213 g/mol. The number of aliphatic carboxylic acids is 1. The van der Waals surface area contributed by atoms with E-state index in [0.29, 0.717) is 0 Å². The van der Waals surface area contributed by atoms with Crippen LogP contribution in [0.15, 0.2) is 0 Å². The molecule has 0 aromatic rings. The minimum Gasteiger partial charge on any atom is -0.473 e. The molecule has 0 saturated heterocycles. The Labute approximate surface area is 72.5 Å². The molecule has 0 aliphatic rings. The van der Waals surface area contributed by atoms with Crippen molar-refractivity contribution in [2.45, 2.75) is 5.85 Å². The molecule has 13 heavy (non-hydrogen) atoms. The average Bonchev–Trinajstić information content (AvgIpc) is 1.96. The highest BCUT2D eigenvalue weighted by Gasteiger charge is 2.33. The summed E-state index contributed by atoms with van der Waals surface area (Å²) in [5, 5.41) is 8.02. The van der Waals surface area contributed by atoms with Gasteiger partial charge in [-0.1, -0.05) is 0 Å². The second kappa shape index (κ2) is 4.33. The molecule has 1 atom stereocenters. The Hall–Kier alpha value is -0.950. The number of hydrogen-bond acceptors (Lipinski definition) is 5. The lowest BCUT2D eigenvalue weighted by Crippen LogP contribution is -2.29. The monoisotopic (exact) mass is 213 g/mol. The van der Waals surface area contributed by atoms with Gasteiger partial charge in [-0.2, -0.15) is 0 Å². The van der Waals surface area contributed by atoms with Gasteiger partial charge in [-0.25, -0.2) is 9.59 Å². The van der Waals surface area contributed by atoms with Crippen LogP contribution in [0.1, 0.15) is 0 Å². The van der Waals surface area contributed by atoms with E-state index in [-0.39, 0.29) is 0 Å². The lowest BCUT2D eigenvalue weighted by Gasteiger charge is -2.15. The van der Waals surface area contributed by atoms with Gasteiger partial charge in [0, 0.05) is 6.54 Å². The van der Waals surface area contributed by atoms with Gasteiger partial charge in [-0.15, -0.1) is 0 Å². The molecule has 0 radical (unpaired) electrons. The molecule has 0 spiro atoms. The maximum atomic E-state index is 10.5. The van der Waals surface area contributed by atoms with E-state index in [4.69, 9.17) is 20.6 Å². The van der Waals surface area contributed by atoms with E-state index in [2.05, 4.69) is 4.74 Å². The largest absolute Gasteiger partial charge is 0.473 e. The lowest BCUT2D eigenvalue weighted by atomic mass is 10.6. The molecule has 0 heterocycles. The fraction of sp³-hybridized carbons (Fsp3) is 0.500. The second-order valence-electron chi connectivity index (χ2n) is 1.99. The third kappa shape index (κ3) is 4.00. The smallest absolute Gasteiger partial charge is 0.418 e. The summed E-state index contributed by atoms with van der Waals surface area (Å²) in [6.07, 6.45) is 0. The summed E-state index contributed by atoms with van der Waals surface area (Å²) < 4.78 is 14.4. The van der Waals surface area contributed by atoms with Crippen molar-refractivity contribution >= 4 is 19.5 Å². The van der Waals surface area contributed by atoms with Crippen molar-refractivity contribution < 1.29 is 33.8 Å². The molecule has 8 nitrogen and oxygen atoms in total. The molecule has 0 bridgehead atoms. The van der Waals surface area contributed by atoms with Crippen LogP contribution in [0.2, 0.25) is 0 Å². The summed E-state index contributed by atoms with van der Waals surface area (Å²) in [4.78, 5) is 37.2. The Morgan fingerprint density at radius 3 is 2.15 bits per heavy atom. The van der Waals surface area contributed by atoms with E-state index in [1.54, 1.807) is 0 Å². The number of carboxylic acid groups (broad SMARTS) is 1. The molecule has 0 aromatic carbocycles. The number of carbonyl (C=O) groups is 2. The van der Waals surface area contributed by atoms with Gasteiger partial charge in [0.15, 0.2) is 0 Å². The zero-order chi connectivity index (χ0) is 10.6. The van der Waals surface area contributed by atoms with Gasteiger partial charge in [0.2, 0.25) is 5.85 Å². The standard InChI is InChI=1S/C4H8NO7P/c5-1-2(13(9,10)11)12-4(8)3(6)7/h2H,1,5H2,(H,6,7)(H2,9,10,11). The van der Waals surface area contributed by atoms with Crippen molar-refractivity contribution in [3.05, 3.63) is 0 Å². The molecular weight excluding hydrogens is 205 g/mol. The van der Waals surface area contributed by atoms with Crippen molar-refractivity contribution in [3.63, 3.8) is 0 Å². The molecule has 9 heteroatoms. The highest BCUT2D eigenvalue weighted by atomic mass is 31.2. The van der Waals surface area contributed by atoms with Crippen molar-refractivity contribution in [2.24, 2.45) is 5.73 Å². The maximum absolute atomic E-state index is 10.5. The van der Waals surface area contributed by atoms with Crippen LogP contribution in [0, 0.1) is 0 Å². The van der Waals surface area contributed by atoms with Gasteiger partial charge in [0.25, 0.3) is 0 Å². The van der Waals surface area contributed by atoms with E-state index in [0.717, 1.165) is 0 Å². The third-order valence-electron chi connectivity index (χ3n) is 0.994. The van der Waals surface area contributed by atoms with Crippen LogP contribution < -0.4 is 5.73 Å². The molecule has 76 valence electrons. The molecule has 0 rings (SSSR count). The van der Waals surface area contributed by atoms with Crippen molar-refractivity contribution in [1.29, 1.82) is 0 Å². The number of carboxylic acids is 1. The summed E-state index contributed by atoms with van der Waals surface area (Å²) in [7, 11) is -4.70. The van der Waals surface area contributed by atoms with Crippen LogP contribution in [-0.4, -0.2) is 39.2 Å². The molecular formula is C4H8NO7P. The van der Waals surface area contributed by atoms with Gasteiger partial charge in [-0.05, 0) is 0 Å². The SMILES string of the molecule is NCC(OC(=O)C(=O)O)P(=O)(O)O. The van der Waals surface area contributed by atoms with Crippen molar-refractivity contribution in [2.75, 3.05) is 6.54 Å². The summed E-state index contributed by atoms with van der Waals surface area (Å²) >= 11 is 0. The molecule has 5 N–H and O–H groups in total. The molecule has 0 fully saturated rings. The summed E-state index contributed by atoms with van der Waals surface area (Å²) in [6.45, 7) is -0.650. The first-order valence-corrected chi connectivity index (χ1v) is 4.66. The zero-order valence-corrected chi connectivity index (χ0v) is 7.18. The highest BCUT2D eigenvalue weighted by molar-refractivity contribution is 7.52. The van der Waals surface area contributed by atoms with E-state index >= 15 is 0 Å². The maximum Gasteiger partial charge on any atom is 0.418 e. The Bertz CT molecular complexity index is 257. The number of ether oxygens (including phenoxy) is 1. The molecule has 0 amide bonds. The Morgan fingerprint density at radius 2 is 1.92 bits per heavy atom. The van der Waals surface area contributed by atoms with Crippen molar-refractivity contribution in [1.82, 2.24) is 0 Å². The van der Waals surface area contributed by atoms with Gasteiger partial charge < -0.3 is 25.4 Å². The quantitative estimate of drug-likeness (QED) is 0.241. The molecule has 0 aliphatic heterocycles. The highest BCUT2D eigenvalue weighted by Crippen LogP contribution is 2.41. The fourth-order valence-electron chi connectivity index (χ4n) is 0.428. The molecule has 0 aromatic heterocycles. The number of carbonyl (C=O) groups excluding carboxylic acids is 1. The second-order valence-corrected chi connectivity index (χ2v) is 3.74. The van der Waals surface area contributed by atoms with Crippen LogP contribution >= 0.6 is 7.60 Å². The van der Waals surface area contributed by atoms with Gasteiger partial charge in [0.05, 0.1) is 0 Å². The fourth-order valence-corrected chi connectivity index (χ4v) is 0.936. The lowest BCUT2D eigenvalue weighted by molar-refractivity contribution is -0.165. The Morgan fingerprint density at radius 1 is 1.46 bits per heavy atom. The minimum absolute atomic E-state index is 0.650. The van der Waals surface area contributed by atoms with E-state index in [9.17, 15) is 14.2 Å². The van der Waals surface area contributed by atoms with Crippen LogP contribution in [0.25, 0.3) is 0 Å². The summed E-state index contributed by atoms with van der Waals surface area (Å²) in [5.41, 5.74) is 4.84. The van der Waals surface area contributed by atoms with Crippen LogP contribution in [0.3, 0.4) is 0 Å². The molecule has 0 aliphatic carbocycles. The zero-order valence-electron chi connectivity index (χ0n) is 6.28. The van der Waals surface area contributed by atoms with Gasteiger partial charge in [-0.3, -0.25) is 4.57 Å². The number of hydrogen-bond donors (Lipinski definition) is 4. The molecule has 1 unspecified atom stereocenters. The number of esters is 1. The number of rotatable bonds is 3. The van der Waals surface area contributed by atoms with Crippen LogP contribution in [0.4, 0.5) is 0 Å². The van der Waals surface area contributed by atoms with Crippen LogP contribution in [-0.2, 0) is 18.9 Å². The van der Waals surface area contributed by atoms with E-state index in [1.165, 1.54) is 0 Å². The summed E-state index contributed by atoms with van der Waals surface area (Å²) in [5.74, 6) is -5.60. The topological polar surface area (TPSA) is 147 Å². The van der Waals surface area contributed by atoms with E-state index in [1.807, 2.05) is 0 Å².